The van der Waals surface area contributed by atoms with Crippen molar-refractivity contribution in [1.29, 1.82) is 0 Å². The molecule has 0 aliphatic heterocycles. The number of hydrogen-bond donors (Lipinski definition) is 3. The minimum absolute atomic E-state index is 0.194. The van der Waals surface area contributed by atoms with Crippen molar-refractivity contribution in [3.8, 4) is 0 Å². The lowest BCUT2D eigenvalue weighted by Gasteiger charge is -2.04. The van der Waals surface area contributed by atoms with E-state index in [2.05, 4.69) is 27.9 Å². The first-order chi connectivity index (χ1) is 8.63. The zero-order chi connectivity index (χ0) is 13.4. The Kier molecular flexibility index (Phi) is 6.31. The summed E-state index contributed by atoms with van der Waals surface area (Å²) >= 11 is 1.23. The van der Waals surface area contributed by atoms with Gasteiger partial charge in [-0.1, -0.05) is 6.92 Å². The van der Waals surface area contributed by atoms with Crippen LogP contribution in [0.25, 0.3) is 0 Å². The molecule has 0 aromatic carbocycles. The number of carbonyl (C=O) groups is 2. The smallest absolute Gasteiger partial charge is 0.270 e. The fourth-order valence-electron chi connectivity index (χ4n) is 1.24. The first kappa shape index (κ1) is 14.6. The Balaban J connectivity index is 2.33. The summed E-state index contributed by atoms with van der Waals surface area (Å²) in [5.41, 5.74) is 0.333. The van der Waals surface area contributed by atoms with E-state index in [0.29, 0.717) is 17.4 Å². The standard InChI is InChI=1S/C11H18N4O2S/c1-3-4-12-5-6-13-10(17)9-7-18-11(15-9)14-8(2)16/h7,12H,3-6H2,1-2H3,(H,13,17)(H,14,15,16). The van der Waals surface area contributed by atoms with Gasteiger partial charge < -0.3 is 16.0 Å². The lowest BCUT2D eigenvalue weighted by atomic mass is 10.4. The molecule has 0 saturated carbocycles. The van der Waals surface area contributed by atoms with Crippen LogP contribution in [0.15, 0.2) is 5.38 Å². The Hall–Kier alpha value is -1.47. The Morgan fingerprint density at radius 1 is 1.33 bits per heavy atom. The van der Waals surface area contributed by atoms with Crippen LogP contribution in [0.1, 0.15) is 30.8 Å². The Labute approximate surface area is 110 Å². The molecule has 0 spiro atoms. The molecule has 0 radical (unpaired) electrons. The number of anilines is 1. The van der Waals surface area contributed by atoms with Crippen LogP contribution in [0.4, 0.5) is 5.13 Å². The Morgan fingerprint density at radius 2 is 2.11 bits per heavy atom. The molecule has 1 rings (SSSR count). The maximum absolute atomic E-state index is 11.7. The van der Waals surface area contributed by atoms with Gasteiger partial charge in [-0.3, -0.25) is 9.59 Å². The SMILES string of the molecule is CCCNCCNC(=O)c1csc(NC(C)=O)n1. The van der Waals surface area contributed by atoms with Gasteiger partial charge in [-0.25, -0.2) is 4.98 Å². The zero-order valence-electron chi connectivity index (χ0n) is 10.6. The topological polar surface area (TPSA) is 83.1 Å². The van der Waals surface area contributed by atoms with Gasteiger partial charge >= 0.3 is 0 Å². The highest BCUT2D eigenvalue weighted by atomic mass is 32.1. The van der Waals surface area contributed by atoms with Crippen LogP contribution in [0.5, 0.6) is 0 Å². The summed E-state index contributed by atoms with van der Waals surface area (Å²) in [7, 11) is 0. The average Bonchev–Trinajstić information content (AvgIpc) is 2.76. The van der Waals surface area contributed by atoms with Gasteiger partial charge in [-0.2, -0.15) is 0 Å². The number of carbonyl (C=O) groups excluding carboxylic acids is 2. The van der Waals surface area contributed by atoms with Crippen LogP contribution < -0.4 is 16.0 Å². The number of aromatic nitrogens is 1. The van der Waals surface area contributed by atoms with Gasteiger partial charge in [0.2, 0.25) is 5.91 Å². The molecule has 0 unspecified atom stereocenters. The summed E-state index contributed by atoms with van der Waals surface area (Å²) < 4.78 is 0. The molecule has 0 atom stereocenters. The van der Waals surface area contributed by atoms with Crippen molar-refractivity contribution in [2.45, 2.75) is 20.3 Å². The first-order valence-electron chi connectivity index (χ1n) is 5.85. The number of thiazole rings is 1. The van der Waals surface area contributed by atoms with E-state index in [1.807, 2.05) is 0 Å². The lowest BCUT2D eigenvalue weighted by molar-refractivity contribution is -0.114. The van der Waals surface area contributed by atoms with Crippen molar-refractivity contribution in [2.24, 2.45) is 0 Å². The highest BCUT2D eigenvalue weighted by molar-refractivity contribution is 7.14. The quantitative estimate of drug-likeness (QED) is 0.641. The normalized spacial score (nSPS) is 10.1. The second-order valence-electron chi connectivity index (χ2n) is 3.72. The second-order valence-corrected chi connectivity index (χ2v) is 4.58. The minimum Gasteiger partial charge on any atom is -0.349 e. The van der Waals surface area contributed by atoms with Crippen molar-refractivity contribution >= 4 is 28.3 Å². The zero-order valence-corrected chi connectivity index (χ0v) is 11.4. The third-order valence-corrected chi connectivity index (χ3v) is 2.79. The lowest BCUT2D eigenvalue weighted by Crippen LogP contribution is -2.32. The van der Waals surface area contributed by atoms with Gasteiger partial charge in [0.15, 0.2) is 5.13 Å². The fourth-order valence-corrected chi connectivity index (χ4v) is 1.98. The maximum atomic E-state index is 11.7. The van der Waals surface area contributed by atoms with Crippen LogP contribution in [-0.4, -0.2) is 36.4 Å². The van der Waals surface area contributed by atoms with E-state index in [0.717, 1.165) is 19.5 Å². The van der Waals surface area contributed by atoms with Crippen LogP contribution in [0, 0.1) is 0 Å². The van der Waals surface area contributed by atoms with E-state index in [1.165, 1.54) is 18.3 Å². The highest BCUT2D eigenvalue weighted by Gasteiger charge is 2.10. The Morgan fingerprint density at radius 3 is 2.78 bits per heavy atom. The summed E-state index contributed by atoms with van der Waals surface area (Å²) in [6.07, 6.45) is 1.07. The molecule has 3 N–H and O–H groups in total. The number of nitrogens with one attached hydrogen (secondary N) is 3. The van der Waals surface area contributed by atoms with Gasteiger partial charge in [-0.05, 0) is 13.0 Å². The van der Waals surface area contributed by atoms with Crippen molar-refractivity contribution in [2.75, 3.05) is 25.0 Å². The molecule has 1 heterocycles. The molecule has 7 heteroatoms. The van der Waals surface area contributed by atoms with E-state index in [9.17, 15) is 9.59 Å². The predicted molar refractivity (Wildman–Crippen MR) is 71.9 cm³/mol. The van der Waals surface area contributed by atoms with Crippen LogP contribution in [0.2, 0.25) is 0 Å². The van der Waals surface area contributed by atoms with Crippen LogP contribution >= 0.6 is 11.3 Å². The van der Waals surface area contributed by atoms with Crippen molar-refractivity contribution in [3.05, 3.63) is 11.1 Å². The van der Waals surface area contributed by atoms with Gasteiger partial charge in [0.25, 0.3) is 5.91 Å². The molecule has 0 aliphatic carbocycles. The van der Waals surface area contributed by atoms with E-state index in [-0.39, 0.29) is 11.8 Å². The van der Waals surface area contributed by atoms with E-state index in [4.69, 9.17) is 0 Å². The van der Waals surface area contributed by atoms with Crippen molar-refractivity contribution in [3.63, 3.8) is 0 Å². The Bertz CT molecular complexity index is 406. The average molecular weight is 270 g/mol. The van der Waals surface area contributed by atoms with Gasteiger partial charge in [-0.15, -0.1) is 11.3 Å². The van der Waals surface area contributed by atoms with E-state index < -0.39 is 0 Å². The molecule has 0 bridgehead atoms. The summed E-state index contributed by atoms with van der Waals surface area (Å²) in [4.78, 5) is 26.5. The molecular weight excluding hydrogens is 252 g/mol. The van der Waals surface area contributed by atoms with E-state index >= 15 is 0 Å². The summed E-state index contributed by atoms with van der Waals surface area (Å²) in [6.45, 7) is 5.73. The largest absolute Gasteiger partial charge is 0.349 e. The maximum Gasteiger partial charge on any atom is 0.270 e. The number of nitrogens with zero attached hydrogens (tertiary/aromatic N) is 1. The monoisotopic (exact) mass is 270 g/mol. The van der Waals surface area contributed by atoms with Crippen molar-refractivity contribution < 1.29 is 9.59 Å². The van der Waals surface area contributed by atoms with Crippen LogP contribution in [0.3, 0.4) is 0 Å². The molecule has 2 amide bonds. The van der Waals surface area contributed by atoms with E-state index in [1.54, 1.807) is 5.38 Å². The van der Waals surface area contributed by atoms with Gasteiger partial charge in [0, 0.05) is 25.4 Å². The molecular formula is C11H18N4O2S. The molecule has 6 nitrogen and oxygen atoms in total. The third kappa shape index (κ3) is 5.24. The summed E-state index contributed by atoms with van der Waals surface area (Å²) in [6, 6.07) is 0. The third-order valence-electron chi connectivity index (χ3n) is 2.03. The molecule has 0 saturated heterocycles. The highest BCUT2D eigenvalue weighted by Crippen LogP contribution is 2.14. The first-order valence-corrected chi connectivity index (χ1v) is 6.73. The molecule has 0 fully saturated rings. The second kappa shape index (κ2) is 7.78. The minimum atomic E-state index is -0.221. The number of amides is 2. The number of hydrogen-bond acceptors (Lipinski definition) is 5. The fraction of sp³-hybridized carbons (Fsp3) is 0.545. The predicted octanol–water partition coefficient (Wildman–Crippen LogP) is 0.831. The summed E-state index contributed by atoms with van der Waals surface area (Å²) in [5, 5.41) is 10.5. The van der Waals surface area contributed by atoms with Gasteiger partial charge in [0.05, 0.1) is 0 Å². The number of rotatable bonds is 7. The molecule has 1 aromatic heterocycles. The molecule has 1 aromatic rings. The van der Waals surface area contributed by atoms with Gasteiger partial charge in [0.1, 0.15) is 5.69 Å². The van der Waals surface area contributed by atoms with Crippen LogP contribution in [-0.2, 0) is 4.79 Å². The summed E-state index contributed by atoms with van der Waals surface area (Å²) in [5.74, 6) is -0.416. The van der Waals surface area contributed by atoms with Crippen molar-refractivity contribution in [1.82, 2.24) is 15.6 Å². The molecule has 0 aliphatic rings. The molecule has 18 heavy (non-hydrogen) atoms. The molecule has 100 valence electrons.